The summed E-state index contributed by atoms with van der Waals surface area (Å²) in [5, 5.41) is 4.16. The second kappa shape index (κ2) is 8.25. The van der Waals surface area contributed by atoms with Gasteiger partial charge in [-0.3, -0.25) is 4.99 Å². The molecule has 1 saturated heterocycles. The summed E-state index contributed by atoms with van der Waals surface area (Å²) >= 11 is 5.91. The van der Waals surface area contributed by atoms with E-state index in [2.05, 4.69) is 15.2 Å². The standard InChI is InChI=1S/C16H24ClN3O/c1-18-16(19-10-9-15-4-3-11-21-15)20(2)12-13-5-7-14(17)8-6-13/h5-8,15H,3-4,9-12H2,1-2H3,(H,18,19). The number of aliphatic imine (C=N–C) groups is 1. The minimum absolute atomic E-state index is 0.414. The lowest BCUT2D eigenvalue weighted by Gasteiger charge is -2.22. The Balaban J connectivity index is 1.77. The first-order valence-corrected chi connectivity index (χ1v) is 7.84. The van der Waals surface area contributed by atoms with Crippen LogP contribution in [0.4, 0.5) is 0 Å². The number of rotatable bonds is 5. The second-order valence-corrected chi connectivity index (χ2v) is 5.82. The molecule has 1 atom stereocenters. The maximum absolute atomic E-state index is 5.91. The normalized spacial score (nSPS) is 18.8. The van der Waals surface area contributed by atoms with Crippen molar-refractivity contribution in [2.24, 2.45) is 4.99 Å². The monoisotopic (exact) mass is 309 g/mol. The van der Waals surface area contributed by atoms with Crippen LogP contribution in [0, 0.1) is 0 Å². The van der Waals surface area contributed by atoms with Gasteiger partial charge in [-0.15, -0.1) is 0 Å². The van der Waals surface area contributed by atoms with Gasteiger partial charge in [-0.2, -0.15) is 0 Å². The van der Waals surface area contributed by atoms with Gasteiger partial charge in [0.05, 0.1) is 6.10 Å². The molecule has 1 aliphatic heterocycles. The first kappa shape index (κ1) is 16.1. The third-order valence-electron chi connectivity index (χ3n) is 3.68. The summed E-state index contributed by atoms with van der Waals surface area (Å²) in [5.74, 6) is 0.906. The molecule has 1 fully saturated rings. The van der Waals surface area contributed by atoms with Gasteiger partial charge in [0.2, 0.25) is 0 Å². The molecule has 1 aromatic rings. The average Bonchev–Trinajstić information content (AvgIpc) is 2.99. The maximum atomic E-state index is 5.91. The smallest absolute Gasteiger partial charge is 0.193 e. The summed E-state index contributed by atoms with van der Waals surface area (Å²) < 4.78 is 5.63. The molecule has 0 bridgehead atoms. The molecule has 1 N–H and O–H groups in total. The Hall–Kier alpha value is -1.26. The van der Waals surface area contributed by atoms with Gasteiger partial charge in [0.25, 0.3) is 0 Å². The highest BCUT2D eigenvalue weighted by Gasteiger charge is 2.15. The van der Waals surface area contributed by atoms with Crippen molar-refractivity contribution in [1.82, 2.24) is 10.2 Å². The minimum atomic E-state index is 0.414. The maximum Gasteiger partial charge on any atom is 0.193 e. The molecule has 1 aromatic carbocycles. The number of hydrogen-bond donors (Lipinski definition) is 1. The number of nitrogens with zero attached hydrogens (tertiary/aromatic N) is 2. The SMILES string of the molecule is CN=C(NCCC1CCCO1)N(C)Cc1ccc(Cl)cc1. The van der Waals surface area contributed by atoms with E-state index in [1.54, 1.807) is 0 Å². The third-order valence-corrected chi connectivity index (χ3v) is 3.93. The molecule has 0 aromatic heterocycles. The van der Waals surface area contributed by atoms with Crippen LogP contribution in [0.1, 0.15) is 24.8 Å². The summed E-state index contributed by atoms with van der Waals surface area (Å²) in [7, 11) is 3.85. The van der Waals surface area contributed by atoms with Crippen molar-refractivity contribution >= 4 is 17.6 Å². The molecule has 2 rings (SSSR count). The lowest BCUT2D eigenvalue weighted by atomic mass is 10.2. The van der Waals surface area contributed by atoms with E-state index in [0.29, 0.717) is 6.10 Å². The molecule has 0 amide bonds. The molecular weight excluding hydrogens is 286 g/mol. The highest BCUT2D eigenvalue weighted by atomic mass is 35.5. The number of ether oxygens (including phenoxy) is 1. The van der Waals surface area contributed by atoms with Crippen LogP contribution in [-0.4, -0.2) is 44.2 Å². The van der Waals surface area contributed by atoms with Gasteiger partial charge in [-0.25, -0.2) is 0 Å². The average molecular weight is 310 g/mol. The fraction of sp³-hybridized carbons (Fsp3) is 0.562. The Kier molecular flexibility index (Phi) is 6.33. The summed E-state index contributed by atoms with van der Waals surface area (Å²) in [4.78, 5) is 6.44. The first-order valence-electron chi connectivity index (χ1n) is 7.47. The molecular formula is C16H24ClN3O. The van der Waals surface area contributed by atoms with E-state index in [0.717, 1.165) is 37.1 Å². The Bertz CT molecular complexity index is 455. The van der Waals surface area contributed by atoms with Gasteiger partial charge in [0.1, 0.15) is 0 Å². The number of nitrogens with one attached hydrogen (secondary N) is 1. The molecule has 21 heavy (non-hydrogen) atoms. The Morgan fingerprint density at radius 1 is 1.43 bits per heavy atom. The van der Waals surface area contributed by atoms with Gasteiger partial charge < -0.3 is 15.0 Å². The quantitative estimate of drug-likeness (QED) is 0.671. The molecule has 1 aliphatic rings. The van der Waals surface area contributed by atoms with Gasteiger partial charge in [-0.1, -0.05) is 23.7 Å². The van der Waals surface area contributed by atoms with Crippen molar-refractivity contribution in [3.8, 4) is 0 Å². The van der Waals surface area contributed by atoms with Crippen molar-refractivity contribution in [3.63, 3.8) is 0 Å². The molecule has 0 spiro atoms. The van der Waals surface area contributed by atoms with Crippen LogP contribution in [-0.2, 0) is 11.3 Å². The Morgan fingerprint density at radius 2 is 2.19 bits per heavy atom. The zero-order chi connectivity index (χ0) is 15.1. The number of halogens is 1. The second-order valence-electron chi connectivity index (χ2n) is 5.38. The van der Waals surface area contributed by atoms with Crippen LogP contribution in [0.2, 0.25) is 5.02 Å². The van der Waals surface area contributed by atoms with E-state index >= 15 is 0 Å². The van der Waals surface area contributed by atoms with Crippen LogP contribution in [0.3, 0.4) is 0 Å². The van der Waals surface area contributed by atoms with Crippen molar-refractivity contribution in [3.05, 3.63) is 34.9 Å². The third kappa shape index (κ3) is 5.21. The predicted molar refractivity (Wildman–Crippen MR) is 87.9 cm³/mol. The lowest BCUT2D eigenvalue weighted by Crippen LogP contribution is -2.39. The van der Waals surface area contributed by atoms with Crippen LogP contribution < -0.4 is 5.32 Å². The highest BCUT2D eigenvalue weighted by molar-refractivity contribution is 6.30. The van der Waals surface area contributed by atoms with Gasteiger partial charge in [-0.05, 0) is 37.0 Å². The fourth-order valence-electron chi connectivity index (χ4n) is 2.54. The number of guanidine groups is 1. The van der Waals surface area contributed by atoms with Crippen molar-refractivity contribution in [2.45, 2.75) is 31.9 Å². The molecule has 0 radical (unpaired) electrons. The summed E-state index contributed by atoms with van der Waals surface area (Å²) in [5.41, 5.74) is 1.21. The van der Waals surface area contributed by atoms with Crippen LogP contribution in [0.25, 0.3) is 0 Å². The van der Waals surface area contributed by atoms with Crippen molar-refractivity contribution < 1.29 is 4.74 Å². The molecule has 4 nitrogen and oxygen atoms in total. The van der Waals surface area contributed by atoms with E-state index < -0.39 is 0 Å². The van der Waals surface area contributed by atoms with Gasteiger partial charge >= 0.3 is 0 Å². The van der Waals surface area contributed by atoms with Crippen molar-refractivity contribution in [2.75, 3.05) is 27.2 Å². The van der Waals surface area contributed by atoms with E-state index in [9.17, 15) is 0 Å². The van der Waals surface area contributed by atoms with Gasteiger partial charge in [0, 0.05) is 38.8 Å². The van der Waals surface area contributed by atoms with Crippen LogP contribution >= 0.6 is 11.6 Å². The predicted octanol–water partition coefficient (Wildman–Crippen LogP) is 2.92. The molecule has 116 valence electrons. The fourth-order valence-corrected chi connectivity index (χ4v) is 2.67. The zero-order valence-corrected chi connectivity index (χ0v) is 13.6. The van der Waals surface area contributed by atoms with E-state index in [-0.39, 0.29) is 0 Å². The summed E-state index contributed by atoms with van der Waals surface area (Å²) in [6.45, 7) is 2.61. The van der Waals surface area contributed by atoms with Gasteiger partial charge in [0.15, 0.2) is 5.96 Å². The summed E-state index contributed by atoms with van der Waals surface area (Å²) in [6.07, 6.45) is 3.82. The van der Waals surface area contributed by atoms with E-state index in [1.807, 2.05) is 38.4 Å². The Morgan fingerprint density at radius 3 is 2.81 bits per heavy atom. The first-order chi connectivity index (χ1) is 10.2. The van der Waals surface area contributed by atoms with Crippen molar-refractivity contribution in [1.29, 1.82) is 0 Å². The topological polar surface area (TPSA) is 36.9 Å². The Labute approximate surface area is 132 Å². The van der Waals surface area contributed by atoms with E-state index in [1.165, 1.54) is 18.4 Å². The van der Waals surface area contributed by atoms with E-state index in [4.69, 9.17) is 16.3 Å². The van der Waals surface area contributed by atoms with Crippen LogP contribution in [0.15, 0.2) is 29.3 Å². The molecule has 1 unspecified atom stereocenters. The molecule has 0 saturated carbocycles. The zero-order valence-electron chi connectivity index (χ0n) is 12.8. The lowest BCUT2D eigenvalue weighted by molar-refractivity contribution is 0.105. The number of hydrogen-bond acceptors (Lipinski definition) is 2. The molecule has 1 heterocycles. The highest BCUT2D eigenvalue weighted by Crippen LogP contribution is 2.14. The largest absolute Gasteiger partial charge is 0.378 e. The number of benzene rings is 1. The molecule has 5 heteroatoms. The summed E-state index contributed by atoms with van der Waals surface area (Å²) in [6, 6.07) is 7.91. The minimum Gasteiger partial charge on any atom is -0.378 e. The molecule has 0 aliphatic carbocycles. The van der Waals surface area contributed by atoms with Crippen LogP contribution in [0.5, 0.6) is 0 Å².